The van der Waals surface area contributed by atoms with Gasteiger partial charge in [-0.15, -0.1) is 0 Å². The minimum Gasteiger partial charge on any atom is -0.399 e. The van der Waals surface area contributed by atoms with E-state index in [9.17, 15) is 0 Å². The first kappa shape index (κ1) is 12.4. The number of piperidine rings is 1. The number of methoxy groups -OCH3 is 1. The summed E-state index contributed by atoms with van der Waals surface area (Å²) in [5.74, 6) is 0. The molecule has 1 aliphatic heterocycles. The second-order valence-corrected chi connectivity index (χ2v) is 4.71. The molecule has 1 aromatic rings. The summed E-state index contributed by atoms with van der Waals surface area (Å²) in [6, 6.07) is 8.85. The van der Waals surface area contributed by atoms with Gasteiger partial charge in [0.25, 0.3) is 0 Å². The number of ether oxygens (including phenoxy) is 1. The molecule has 0 aliphatic carbocycles. The summed E-state index contributed by atoms with van der Waals surface area (Å²) in [6.07, 6.45) is 3.86. The van der Waals surface area contributed by atoms with Crippen LogP contribution in [0.4, 0.5) is 5.69 Å². The fraction of sp³-hybridized carbons (Fsp3) is 0.571. The maximum Gasteiger partial charge on any atom is 0.0589 e. The summed E-state index contributed by atoms with van der Waals surface area (Å²) in [5, 5.41) is 0. The van der Waals surface area contributed by atoms with Crippen LogP contribution in [0.15, 0.2) is 24.3 Å². The van der Waals surface area contributed by atoms with Gasteiger partial charge in [0.15, 0.2) is 0 Å². The lowest BCUT2D eigenvalue weighted by Crippen LogP contribution is -2.35. The van der Waals surface area contributed by atoms with E-state index >= 15 is 0 Å². The van der Waals surface area contributed by atoms with Gasteiger partial charge in [0.05, 0.1) is 6.61 Å². The zero-order chi connectivity index (χ0) is 12.1. The van der Waals surface area contributed by atoms with Crippen molar-refractivity contribution in [2.45, 2.75) is 25.3 Å². The third-order valence-electron chi connectivity index (χ3n) is 3.52. The van der Waals surface area contributed by atoms with E-state index in [0.29, 0.717) is 6.04 Å². The number of hydrogen-bond acceptors (Lipinski definition) is 3. The van der Waals surface area contributed by atoms with Crippen LogP contribution in [-0.2, 0) is 4.74 Å². The molecule has 17 heavy (non-hydrogen) atoms. The van der Waals surface area contributed by atoms with Crippen LogP contribution in [0.25, 0.3) is 0 Å². The molecule has 1 heterocycles. The van der Waals surface area contributed by atoms with Crippen molar-refractivity contribution in [3.8, 4) is 0 Å². The molecular weight excluding hydrogens is 212 g/mol. The Morgan fingerprint density at radius 3 is 2.76 bits per heavy atom. The number of nitrogens with zero attached hydrogens (tertiary/aromatic N) is 1. The second-order valence-electron chi connectivity index (χ2n) is 4.71. The van der Waals surface area contributed by atoms with Gasteiger partial charge in [-0.1, -0.05) is 18.6 Å². The van der Waals surface area contributed by atoms with Crippen LogP contribution in [0.2, 0.25) is 0 Å². The standard InChI is InChI=1S/C14H22N2O/c1-17-11-10-16-9-3-2-4-14(16)12-5-7-13(15)8-6-12/h5-8,14H,2-4,9-11,15H2,1H3. The van der Waals surface area contributed by atoms with E-state index in [1.165, 1.54) is 31.4 Å². The van der Waals surface area contributed by atoms with Crippen molar-refractivity contribution >= 4 is 5.69 Å². The van der Waals surface area contributed by atoms with Crippen molar-refractivity contribution in [1.82, 2.24) is 4.90 Å². The van der Waals surface area contributed by atoms with Crippen molar-refractivity contribution in [3.05, 3.63) is 29.8 Å². The lowest BCUT2D eigenvalue weighted by molar-refractivity contribution is 0.0960. The molecule has 0 bridgehead atoms. The smallest absolute Gasteiger partial charge is 0.0589 e. The molecule has 1 atom stereocenters. The summed E-state index contributed by atoms with van der Waals surface area (Å²) < 4.78 is 5.19. The number of rotatable bonds is 4. The predicted octanol–water partition coefficient (Wildman–Crippen LogP) is 2.44. The molecule has 0 amide bonds. The van der Waals surface area contributed by atoms with Crippen molar-refractivity contribution in [3.63, 3.8) is 0 Å². The molecule has 0 aromatic heterocycles. The summed E-state index contributed by atoms with van der Waals surface area (Å²) in [5.41, 5.74) is 7.96. The van der Waals surface area contributed by atoms with Gasteiger partial charge in [-0.25, -0.2) is 0 Å². The minimum atomic E-state index is 0.541. The number of anilines is 1. The Bertz CT molecular complexity index is 337. The van der Waals surface area contributed by atoms with Crippen LogP contribution in [-0.4, -0.2) is 31.7 Å². The van der Waals surface area contributed by atoms with E-state index in [1.807, 2.05) is 12.1 Å². The summed E-state index contributed by atoms with van der Waals surface area (Å²) in [7, 11) is 1.77. The van der Waals surface area contributed by atoms with Gasteiger partial charge in [-0.05, 0) is 37.1 Å². The minimum absolute atomic E-state index is 0.541. The third-order valence-corrected chi connectivity index (χ3v) is 3.52. The van der Waals surface area contributed by atoms with Crippen LogP contribution in [0.3, 0.4) is 0 Å². The summed E-state index contributed by atoms with van der Waals surface area (Å²) >= 11 is 0. The SMILES string of the molecule is COCCN1CCCCC1c1ccc(N)cc1. The first-order valence-corrected chi connectivity index (χ1v) is 6.39. The molecular formula is C14H22N2O. The average Bonchev–Trinajstić information content (AvgIpc) is 2.38. The van der Waals surface area contributed by atoms with Gasteiger partial charge in [-0.3, -0.25) is 4.90 Å². The Morgan fingerprint density at radius 2 is 2.06 bits per heavy atom. The fourth-order valence-corrected chi connectivity index (χ4v) is 2.56. The normalized spacial score (nSPS) is 21.6. The maximum atomic E-state index is 5.74. The molecule has 2 rings (SSSR count). The molecule has 1 unspecified atom stereocenters. The first-order valence-electron chi connectivity index (χ1n) is 6.39. The predicted molar refractivity (Wildman–Crippen MR) is 70.9 cm³/mol. The van der Waals surface area contributed by atoms with E-state index < -0.39 is 0 Å². The largest absolute Gasteiger partial charge is 0.399 e. The molecule has 1 aromatic carbocycles. The zero-order valence-electron chi connectivity index (χ0n) is 10.6. The molecule has 0 radical (unpaired) electrons. The van der Waals surface area contributed by atoms with Crippen molar-refractivity contribution < 1.29 is 4.74 Å². The van der Waals surface area contributed by atoms with Crippen LogP contribution in [0.1, 0.15) is 30.9 Å². The van der Waals surface area contributed by atoms with Crippen LogP contribution in [0, 0.1) is 0 Å². The van der Waals surface area contributed by atoms with Crippen molar-refractivity contribution in [1.29, 1.82) is 0 Å². The van der Waals surface area contributed by atoms with Crippen LogP contribution >= 0.6 is 0 Å². The van der Waals surface area contributed by atoms with Crippen LogP contribution < -0.4 is 5.73 Å². The summed E-state index contributed by atoms with van der Waals surface area (Å²) in [6.45, 7) is 3.01. The van der Waals surface area contributed by atoms with E-state index in [1.54, 1.807) is 7.11 Å². The third kappa shape index (κ3) is 3.20. The number of benzene rings is 1. The Kier molecular flexibility index (Phi) is 4.40. The van der Waals surface area contributed by atoms with Gasteiger partial charge in [-0.2, -0.15) is 0 Å². The van der Waals surface area contributed by atoms with E-state index in [2.05, 4.69) is 17.0 Å². The second kappa shape index (κ2) is 6.03. The van der Waals surface area contributed by atoms with Crippen LogP contribution in [0.5, 0.6) is 0 Å². The molecule has 1 saturated heterocycles. The number of hydrogen-bond donors (Lipinski definition) is 1. The molecule has 0 saturated carbocycles. The lowest BCUT2D eigenvalue weighted by Gasteiger charge is -2.35. The highest BCUT2D eigenvalue weighted by molar-refractivity contribution is 5.40. The van der Waals surface area contributed by atoms with Crippen molar-refractivity contribution in [2.24, 2.45) is 0 Å². The summed E-state index contributed by atoms with van der Waals surface area (Å²) in [4.78, 5) is 2.53. The molecule has 94 valence electrons. The van der Waals surface area contributed by atoms with Gasteiger partial charge in [0.1, 0.15) is 0 Å². The lowest BCUT2D eigenvalue weighted by atomic mass is 9.95. The Labute approximate surface area is 104 Å². The number of nitrogens with two attached hydrogens (primary N) is 1. The number of likely N-dealkylation sites (tertiary alicyclic amines) is 1. The quantitative estimate of drug-likeness (QED) is 0.813. The highest BCUT2D eigenvalue weighted by Gasteiger charge is 2.23. The van der Waals surface area contributed by atoms with Crippen molar-refractivity contribution in [2.75, 3.05) is 32.5 Å². The molecule has 0 spiro atoms. The zero-order valence-corrected chi connectivity index (χ0v) is 10.6. The highest BCUT2D eigenvalue weighted by atomic mass is 16.5. The van der Waals surface area contributed by atoms with E-state index in [-0.39, 0.29) is 0 Å². The fourth-order valence-electron chi connectivity index (χ4n) is 2.56. The van der Waals surface area contributed by atoms with Gasteiger partial charge < -0.3 is 10.5 Å². The van der Waals surface area contributed by atoms with E-state index in [4.69, 9.17) is 10.5 Å². The monoisotopic (exact) mass is 234 g/mol. The topological polar surface area (TPSA) is 38.5 Å². The Morgan fingerprint density at radius 1 is 1.29 bits per heavy atom. The number of nitrogen functional groups attached to an aromatic ring is 1. The molecule has 3 heteroatoms. The first-order chi connectivity index (χ1) is 8.31. The Hall–Kier alpha value is -1.06. The maximum absolute atomic E-state index is 5.74. The van der Waals surface area contributed by atoms with Gasteiger partial charge in [0.2, 0.25) is 0 Å². The van der Waals surface area contributed by atoms with E-state index in [0.717, 1.165) is 18.8 Å². The molecule has 1 fully saturated rings. The highest BCUT2D eigenvalue weighted by Crippen LogP contribution is 2.30. The molecule has 3 nitrogen and oxygen atoms in total. The van der Waals surface area contributed by atoms with Gasteiger partial charge in [0, 0.05) is 25.4 Å². The Balaban J connectivity index is 2.07. The molecule has 1 aliphatic rings. The average molecular weight is 234 g/mol. The van der Waals surface area contributed by atoms with Gasteiger partial charge >= 0.3 is 0 Å². The molecule has 2 N–H and O–H groups in total.